The van der Waals surface area contributed by atoms with E-state index in [0.717, 1.165) is 38.5 Å². The number of ketones is 2. The van der Waals surface area contributed by atoms with E-state index >= 15 is 0 Å². The van der Waals surface area contributed by atoms with Crippen LogP contribution < -0.4 is 5.73 Å². The van der Waals surface area contributed by atoms with Crippen LogP contribution in [-0.2, 0) is 105 Å². The average Bonchev–Trinajstić information content (AvgIpc) is 1.58. The Morgan fingerprint density at radius 1 is 0.625 bits per heavy atom. The third-order valence-electron chi connectivity index (χ3n) is 23.2. The van der Waals surface area contributed by atoms with Crippen molar-refractivity contribution in [2.24, 2.45) is 69.8 Å². The van der Waals surface area contributed by atoms with Crippen LogP contribution in [0, 0.1) is 64.1 Å². The molecule has 0 radical (unpaired) electrons. The van der Waals surface area contributed by atoms with Gasteiger partial charge < -0.3 is 44.0 Å². The summed E-state index contributed by atoms with van der Waals surface area (Å²) in [6, 6.07) is 3.15. The standard InChI is InChI=1S/C34H42BrNO10S.C26H39BrN2O8S.C11H13NO5.CH4.ClH/c1-3-23-17-34(23,33(40)43-2)18-30(37)29-15-26(46-47(41,42)27-6-4-24(35)5-7-27)19-36(29)32(39)28(20-8-10-44-11-9-20)16-31(38)45-25-13-21-12-22(21)14-25;1-3-17-13-26(17,25(32)35-2)14-22(30)21-12-19(37-38(33,34)20-6-4-18(27)5-7-20)15-29(21)24(31)23(28)16-8-10-36-11-9-16;13-9-1-2-10(14)12(9)17-11(15)16-8-4-6-3-7(6)5-8;;/h3-7,20-23,25-26,28-29H,1,8-19H2,2H3;3,16-21,23H,1,4-15,28H2,2H3;6-8H,1-5H2;1H4;1H/t21-,22+,23-,25?,26+,28+,29+,34-;17-,18?,19+,20?,21+,23+,26-;6-,7+,8?;;/m11.../s1. The van der Waals surface area contributed by atoms with Crippen LogP contribution in [-0.4, -0.2) is 197 Å². The highest BCUT2D eigenvalue weighted by molar-refractivity contribution is 9.10. The van der Waals surface area contributed by atoms with E-state index in [-0.39, 0.29) is 124 Å². The number of hydroxylamine groups is 2. The van der Waals surface area contributed by atoms with Crippen LogP contribution in [0.15, 0.2) is 58.9 Å². The van der Waals surface area contributed by atoms with Crippen LogP contribution in [0.5, 0.6) is 0 Å². The van der Waals surface area contributed by atoms with Crippen molar-refractivity contribution in [3.63, 3.8) is 0 Å². The molecule has 12 fully saturated rings. The molecule has 7 aliphatic carbocycles. The molecule has 1 aromatic rings. The molecule has 104 heavy (non-hydrogen) atoms. The molecule has 13 rings (SSSR count). The number of nitrogens with two attached hydrogens (primary N) is 1. The molecule has 32 heteroatoms. The van der Waals surface area contributed by atoms with Gasteiger partial charge in [0.25, 0.3) is 32.1 Å². The van der Waals surface area contributed by atoms with Gasteiger partial charge in [0.05, 0.1) is 77.9 Å². The third kappa shape index (κ3) is 19.4. The number of ether oxygens (including phenoxy) is 6. The normalized spacial score (nSPS) is 33.0. The largest absolute Gasteiger partial charge is 0.534 e. The van der Waals surface area contributed by atoms with Gasteiger partial charge in [0.1, 0.15) is 12.2 Å². The number of carbonyl (C=O) groups is 10. The lowest BCUT2D eigenvalue weighted by Crippen LogP contribution is -2.52. The number of likely N-dealkylation sites (tertiary alicyclic amines) is 2. The minimum Gasteiger partial charge on any atom is -0.469 e. The number of hydrogen-bond acceptors (Lipinski definition) is 24. The van der Waals surface area contributed by atoms with Crippen molar-refractivity contribution in [3.05, 3.63) is 54.0 Å². The van der Waals surface area contributed by atoms with Crippen LogP contribution in [0.1, 0.15) is 155 Å². The maximum absolute atomic E-state index is 14.5. The first-order chi connectivity index (χ1) is 48.6. The number of rotatable bonds is 25. The quantitative estimate of drug-likeness (QED) is 0.0240. The van der Waals surface area contributed by atoms with Crippen molar-refractivity contribution in [1.82, 2.24) is 14.9 Å². The molecule has 27 nitrogen and oxygen atoms in total. The summed E-state index contributed by atoms with van der Waals surface area (Å²) in [6.07, 6.45) is 11.5. The molecule has 7 saturated carbocycles. The SMILES string of the molecule is C.C=C[C@@H]1C[C@]1(CC(=O)[C@@H]1C[C@H](OS(=O)(=O)C2CCC(Br)CC2)CN1C(=O)[C@@H](N)C1CCOCC1)C(=O)OC.C=C[C@@H]1C[C@]1(CC(=O)[C@@H]1C[C@H](OS(=O)(=O)c2ccc(Br)cc2)CN1C(=O)[C@@H](CC(=O)OC1C[C@@H]2C[C@@H]2C1)C1CCOCC1)C(=O)OC.Cl.O=C(OC1C[C@@H]2C[C@@H]2C1)ON1C(=O)CCC1=O. The Labute approximate surface area is 631 Å². The summed E-state index contributed by atoms with van der Waals surface area (Å²) in [5.41, 5.74) is 4.31. The molecule has 1 aromatic carbocycles. The number of alkyl halides is 1. The van der Waals surface area contributed by atoms with E-state index < -0.39 is 126 Å². The number of imide groups is 1. The Bertz CT molecular complexity index is 3570. The Hall–Kier alpha value is -5.25. The number of benzene rings is 1. The second kappa shape index (κ2) is 35.0. The van der Waals surface area contributed by atoms with Gasteiger partial charge in [0.2, 0.25) is 11.8 Å². The second-order valence-electron chi connectivity index (χ2n) is 29.8. The molecule has 2 N–H and O–H groups in total. The van der Waals surface area contributed by atoms with E-state index in [1.165, 1.54) is 49.0 Å². The van der Waals surface area contributed by atoms with Crippen molar-refractivity contribution in [2.75, 3.05) is 53.7 Å². The highest BCUT2D eigenvalue weighted by Gasteiger charge is 2.63. The first-order valence-electron chi connectivity index (χ1n) is 35.8. The molecule has 16 atom stereocenters. The molecule has 0 spiro atoms. The summed E-state index contributed by atoms with van der Waals surface area (Å²) in [5.74, 6) is -2.80. The monoisotopic (exact) mass is 1640 g/mol. The second-order valence-corrected chi connectivity index (χ2v) is 35.5. The van der Waals surface area contributed by atoms with Crippen LogP contribution in [0.3, 0.4) is 0 Å². The fraction of sp³-hybridized carbons (Fsp3) is 0.722. The van der Waals surface area contributed by atoms with Crippen molar-refractivity contribution < 1.29 is 106 Å². The number of nitrogens with zero attached hydrogens (tertiary/aromatic N) is 3. The van der Waals surface area contributed by atoms with Crippen molar-refractivity contribution in [1.29, 1.82) is 0 Å². The smallest absolute Gasteiger partial charge is 0.469 e. The number of esters is 3. The molecular formula is C72H99Br2ClN4O23S2. The molecule has 5 heterocycles. The van der Waals surface area contributed by atoms with Gasteiger partial charge in [-0.3, -0.25) is 56.4 Å². The lowest BCUT2D eigenvalue weighted by atomic mass is 9.82. The molecule has 578 valence electrons. The molecule has 0 aromatic heterocycles. The van der Waals surface area contributed by atoms with Gasteiger partial charge in [-0.05, 0) is 174 Å². The van der Waals surface area contributed by atoms with Crippen LogP contribution in [0.4, 0.5) is 4.79 Å². The van der Waals surface area contributed by atoms with E-state index in [9.17, 15) is 64.8 Å². The predicted molar refractivity (Wildman–Crippen MR) is 381 cm³/mol. The summed E-state index contributed by atoms with van der Waals surface area (Å²) in [5, 5.41) is -0.0972. The lowest BCUT2D eigenvalue weighted by molar-refractivity contribution is -0.178. The molecular weight excluding hydrogens is 1550 g/mol. The number of carbonyl (C=O) groups excluding carboxylic acids is 10. The molecule has 5 saturated heterocycles. The Morgan fingerprint density at radius 2 is 1.08 bits per heavy atom. The summed E-state index contributed by atoms with van der Waals surface area (Å²) in [6.45, 7) is 9.25. The first kappa shape index (κ1) is 82.8. The first-order valence-corrected chi connectivity index (χ1v) is 40.4. The van der Waals surface area contributed by atoms with Gasteiger partial charge in [-0.15, -0.1) is 25.6 Å². The number of Topliss-reactive ketones (excluding diaryl/α,β-unsaturated/α-hetero) is 2. The maximum atomic E-state index is 14.5. The average molecular weight is 1650 g/mol. The highest BCUT2D eigenvalue weighted by atomic mass is 79.9. The fourth-order valence-electron chi connectivity index (χ4n) is 16.9. The Morgan fingerprint density at radius 3 is 1.54 bits per heavy atom. The maximum Gasteiger partial charge on any atom is 0.534 e. The summed E-state index contributed by atoms with van der Waals surface area (Å²) >= 11 is 6.84. The molecule has 2 unspecified atom stereocenters. The van der Waals surface area contributed by atoms with E-state index in [1.54, 1.807) is 24.3 Å². The van der Waals surface area contributed by atoms with Crippen molar-refractivity contribution in [3.8, 4) is 0 Å². The number of halogens is 3. The highest BCUT2D eigenvalue weighted by Crippen LogP contribution is 2.59. The fourth-order valence-corrected chi connectivity index (χ4v) is 20.3. The van der Waals surface area contributed by atoms with E-state index in [1.807, 2.05) is 0 Å². The minimum absolute atomic E-state index is 0. The van der Waals surface area contributed by atoms with Crippen LogP contribution in [0.25, 0.3) is 0 Å². The lowest BCUT2D eigenvalue weighted by Gasteiger charge is -2.34. The minimum atomic E-state index is -4.23. The number of methoxy groups -OCH3 is 2. The number of amides is 4. The van der Waals surface area contributed by atoms with Crippen LogP contribution in [0.2, 0.25) is 0 Å². The van der Waals surface area contributed by atoms with E-state index in [2.05, 4.69) is 49.9 Å². The predicted octanol–water partition coefficient (Wildman–Crippen LogP) is 8.37. The van der Waals surface area contributed by atoms with Gasteiger partial charge in [0.15, 0.2) is 11.6 Å². The van der Waals surface area contributed by atoms with Gasteiger partial charge in [-0.2, -0.15) is 16.8 Å². The summed E-state index contributed by atoms with van der Waals surface area (Å²) in [7, 11) is -5.58. The summed E-state index contributed by atoms with van der Waals surface area (Å²) in [4.78, 5) is 136. The number of allylic oxidation sites excluding steroid dienone is 2. The molecule has 4 amide bonds. The summed E-state index contributed by atoms with van der Waals surface area (Å²) < 4.78 is 96.5. The topological polar surface area (TPSA) is 358 Å². The van der Waals surface area contributed by atoms with Crippen molar-refractivity contribution in [2.45, 2.75) is 213 Å². The zero-order chi connectivity index (χ0) is 73.2. The Kier molecular flexibility index (Phi) is 27.8. The Balaban J connectivity index is 0.000000196. The van der Waals surface area contributed by atoms with Crippen molar-refractivity contribution >= 4 is 124 Å². The molecule has 5 aliphatic heterocycles. The zero-order valence-electron chi connectivity index (χ0n) is 58.1. The molecule has 12 aliphatic rings. The van der Waals surface area contributed by atoms with Gasteiger partial charge in [0, 0.05) is 87.3 Å². The number of fused-ring (bicyclic) bond motifs is 2. The van der Waals surface area contributed by atoms with E-state index in [4.69, 9.17) is 42.5 Å². The third-order valence-corrected chi connectivity index (χ3v) is 27.9. The number of hydrogen-bond donors (Lipinski definition) is 1. The van der Waals surface area contributed by atoms with Gasteiger partial charge in [-0.25, -0.2) is 4.79 Å². The van der Waals surface area contributed by atoms with Gasteiger partial charge in [-0.1, -0.05) is 56.5 Å². The van der Waals surface area contributed by atoms with Gasteiger partial charge >= 0.3 is 24.1 Å². The zero-order valence-corrected chi connectivity index (χ0v) is 63.7. The molecule has 0 bridgehead atoms. The van der Waals surface area contributed by atoms with E-state index in [0.29, 0.717) is 116 Å². The van der Waals surface area contributed by atoms with Crippen LogP contribution >= 0.6 is 44.3 Å².